The zero-order valence-electron chi connectivity index (χ0n) is 20.7. The van der Waals surface area contributed by atoms with Crippen LogP contribution in [0.4, 0.5) is 10.3 Å². The van der Waals surface area contributed by atoms with E-state index in [0.717, 1.165) is 11.1 Å². The number of nitrogens with one attached hydrogen (secondary N) is 1. The first-order valence-corrected chi connectivity index (χ1v) is 13.2. The van der Waals surface area contributed by atoms with Crippen molar-refractivity contribution in [3.05, 3.63) is 112 Å². The lowest BCUT2D eigenvalue weighted by Gasteiger charge is -2.27. The Labute approximate surface area is 228 Å². The number of fused-ring (bicyclic) bond motifs is 1. The van der Waals surface area contributed by atoms with Gasteiger partial charge in [-0.05, 0) is 42.3 Å². The van der Waals surface area contributed by atoms with Gasteiger partial charge >= 0.3 is 5.97 Å². The van der Waals surface area contributed by atoms with Crippen molar-refractivity contribution in [3.8, 4) is 5.75 Å². The number of methoxy groups -OCH3 is 1. The number of halogens is 2. The summed E-state index contributed by atoms with van der Waals surface area (Å²) in [6.45, 7) is 2.12. The van der Waals surface area contributed by atoms with Crippen LogP contribution in [0.15, 0.2) is 89.2 Å². The van der Waals surface area contributed by atoms with Crippen molar-refractivity contribution in [3.63, 3.8) is 0 Å². The predicted octanol–water partition coefficient (Wildman–Crippen LogP) is 6.40. The molecule has 0 aliphatic carbocycles. The molecule has 194 valence electrons. The molecule has 10 heteroatoms. The largest absolute Gasteiger partial charge is 0.489 e. The van der Waals surface area contributed by atoms with E-state index < -0.39 is 12.0 Å². The molecule has 0 radical (unpaired) electrons. The second kappa shape index (κ2) is 11.3. The number of hydrogen-bond acceptors (Lipinski definition) is 7. The molecule has 2 heterocycles. The molecule has 0 saturated carbocycles. The van der Waals surface area contributed by atoms with Crippen molar-refractivity contribution in [2.24, 2.45) is 0 Å². The maximum absolute atomic E-state index is 14.1. The Kier molecular flexibility index (Phi) is 7.67. The third kappa shape index (κ3) is 5.39. The summed E-state index contributed by atoms with van der Waals surface area (Å²) < 4.78 is 26.8. The molecule has 0 spiro atoms. The molecule has 0 saturated heterocycles. The number of rotatable bonds is 8. The van der Waals surface area contributed by atoms with Crippen LogP contribution >= 0.6 is 23.4 Å². The zero-order chi connectivity index (χ0) is 26.6. The fraction of sp³-hybridized carbons (Fsp3) is 0.179. The molecule has 1 unspecified atom stereocenters. The van der Waals surface area contributed by atoms with E-state index in [0.29, 0.717) is 51.1 Å². The monoisotopic (exact) mass is 550 g/mol. The maximum Gasteiger partial charge on any atom is 0.338 e. The lowest BCUT2D eigenvalue weighted by Crippen LogP contribution is -2.29. The first-order chi connectivity index (χ1) is 18.4. The van der Waals surface area contributed by atoms with Crippen LogP contribution in [0.1, 0.15) is 29.7 Å². The second-order valence-electron chi connectivity index (χ2n) is 8.55. The average molecular weight is 551 g/mol. The van der Waals surface area contributed by atoms with Crippen molar-refractivity contribution in [1.82, 2.24) is 14.8 Å². The predicted molar refractivity (Wildman–Crippen MR) is 145 cm³/mol. The molecule has 1 aromatic heterocycles. The molecule has 1 atom stereocenters. The first-order valence-electron chi connectivity index (χ1n) is 11.8. The normalized spacial score (nSPS) is 14.6. The summed E-state index contributed by atoms with van der Waals surface area (Å²) in [4.78, 5) is 17.4. The van der Waals surface area contributed by atoms with Crippen LogP contribution in [0.5, 0.6) is 5.75 Å². The molecule has 1 aliphatic rings. The van der Waals surface area contributed by atoms with Gasteiger partial charge in [-0.15, -0.1) is 5.10 Å². The van der Waals surface area contributed by atoms with E-state index in [4.69, 9.17) is 21.1 Å². The van der Waals surface area contributed by atoms with Gasteiger partial charge in [-0.2, -0.15) is 4.98 Å². The van der Waals surface area contributed by atoms with Gasteiger partial charge in [0.15, 0.2) is 0 Å². The summed E-state index contributed by atoms with van der Waals surface area (Å²) in [5.41, 5.74) is 3.28. The van der Waals surface area contributed by atoms with Gasteiger partial charge in [0.1, 0.15) is 24.2 Å². The summed E-state index contributed by atoms with van der Waals surface area (Å²) in [6.07, 6.45) is 0. The maximum atomic E-state index is 14.1. The van der Waals surface area contributed by atoms with Gasteiger partial charge in [-0.3, -0.25) is 0 Å². The second-order valence-corrected chi connectivity index (χ2v) is 9.90. The van der Waals surface area contributed by atoms with Gasteiger partial charge in [0.05, 0.1) is 12.7 Å². The number of allylic oxidation sites excluding steroid dienone is 1. The Morgan fingerprint density at radius 2 is 1.79 bits per heavy atom. The quantitative estimate of drug-likeness (QED) is 0.201. The lowest BCUT2D eigenvalue weighted by molar-refractivity contribution is -0.136. The Bertz CT molecular complexity index is 1510. The topological polar surface area (TPSA) is 78.3 Å². The average Bonchev–Trinajstić information content (AvgIpc) is 3.33. The fourth-order valence-corrected chi connectivity index (χ4v) is 5.16. The minimum absolute atomic E-state index is 0.276. The number of carbonyl (C=O) groups excluding carboxylic acids is 1. The molecule has 3 aromatic carbocycles. The zero-order valence-corrected chi connectivity index (χ0v) is 22.2. The van der Waals surface area contributed by atoms with Gasteiger partial charge in [-0.25, -0.2) is 13.9 Å². The Hall–Kier alpha value is -3.82. The van der Waals surface area contributed by atoms with E-state index in [2.05, 4.69) is 15.4 Å². The van der Waals surface area contributed by atoms with Gasteiger partial charge in [0.25, 0.3) is 0 Å². The molecule has 5 rings (SSSR count). The number of benzene rings is 3. The van der Waals surface area contributed by atoms with Crippen LogP contribution in [0.25, 0.3) is 0 Å². The molecule has 0 amide bonds. The van der Waals surface area contributed by atoms with Crippen LogP contribution in [0.2, 0.25) is 5.02 Å². The van der Waals surface area contributed by atoms with Crippen molar-refractivity contribution in [2.45, 2.75) is 30.5 Å². The summed E-state index contributed by atoms with van der Waals surface area (Å²) in [6, 6.07) is 21.0. The van der Waals surface area contributed by atoms with Crippen LogP contribution in [-0.4, -0.2) is 27.8 Å². The smallest absolute Gasteiger partial charge is 0.338 e. The van der Waals surface area contributed by atoms with Crippen LogP contribution in [0, 0.1) is 5.82 Å². The fourth-order valence-electron chi connectivity index (χ4n) is 4.16. The molecule has 38 heavy (non-hydrogen) atoms. The number of carbonyl (C=O) groups is 1. The molecular formula is C28H24ClFN4O3S. The van der Waals surface area contributed by atoms with E-state index in [-0.39, 0.29) is 5.82 Å². The first kappa shape index (κ1) is 25.8. The van der Waals surface area contributed by atoms with Crippen molar-refractivity contribution < 1.29 is 18.7 Å². The summed E-state index contributed by atoms with van der Waals surface area (Å²) in [7, 11) is 1.35. The SMILES string of the molecule is COC(=O)C1=C(C)Nc2nc(SCc3ccccc3F)nn2C1c1ccc(OCc2ccccc2Cl)cc1. The molecule has 4 aromatic rings. The van der Waals surface area contributed by atoms with Crippen LogP contribution in [-0.2, 0) is 21.9 Å². The summed E-state index contributed by atoms with van der Waals surface area (Å²) in [5.74, 6) is 0.760. The number of thioether (sulfide) groups is 1. The molecule has 0 fully saturated rings. The summed E-state index contributed by atoms with van der Waals surface area (Å²) in [5, 5.41) is 8.91. The highest BCUT2D eigenvalue weighted by Gasteiger charge is 2.35. The molecule has 0 bridgehead atoms. The Balaban J connectivity index is 1.41. The highest BCUT2D eigenvalue weighted by molar-refractivity contribution is 7.98. The highest BCUT2D eigenvalue weighted by Crippen LogP contribution is 2.37. The Morgan fingerprint density at radius 3 is 2.50 bits per heavy atom. The number of aromatic nitrogens is 3. The van der Waals surface area contributed by atoms with Gasteiger partial charge < -0.3 is 14.8 Å². The van der Waals surface area contributed by atoms with Crippen molar-refractivity contribution >= 4 is 35.3 Å². The summed E-state index contributed by atoms with van der Waals surface area (Å²) >= 11 is 7.55. The standard InChI is InChI=1S/C28H24ClFN4O3S/c1-17-24(26(35)36-2)25(18-11-13-21(14-12-18)37-15-19-7-3-5-9-22(19)29)34-27(31-17)32-28(33-34)38-16-20-8-4-6-10-23(20)30/h3-14,25H,15-16H2,1-2H3,(H,31,32,33). The van der Waals surface area contributed by atoms with E-state index >= 15 is 0 Å². The number of esters is 1. The molecule has 1 N–H and O–H groups in total. The minimum Gasteiger partial charge on any atom is -0.489 e. The number of ether oxygens (including phenoxy) is 2. The van der Waals surface area contributed by atoms with E-state index in [1.54, 1.807) is 29.8 Å². The molecule has 1 aliphatic heterocycles. The lowest BCUT2D eigenvalue weighted by atomic mass is 9.96. The minimum atomic E-state index is -0.577. The van der Waals surface area contributed by atoms with Crippen LogP contribution in [0.3, 0.4) is 0 Å². The van der Waals surface area contributed by atoms with Crippen LogP contribution < -0.4 is 10.1 Å². The third-order valence-corrected chi connectivity index (χ3v) is 7.36. The van der Waals surface area contributed by atoms with Crippen molar-refractivity contribution in [2.75, 3.05) is 12.4 Å². The van der Waals surface area contributed by atoms with E-state index in [9.17, 15) is 9.18 Å². The number of anilines is 1. The number of hydrogen-bond donors (Lipinski definition) is 1. The molecule has 7 nitrogen and oxygen atoms in total. The van der Waals surface area contributed by atoms with Gasteiger partial charge in [0, 0.05) is 22.0 Å². The van der Waals surface area contributed by atoms with E-state index in [1.165, 1.54) is 24.9 Å². The van der Waals surface area contributed by atoms with E-state index in [1.807, 2.05) is 48.5 Å². The van der Waals surface area contributed by atoms with Crippen molar-refractivity contribution in [1.29, 1.82) is 0 Å². The molecular weight excluding hydrogens is 527 g/mol. The van der Waals surface area contributed by atoms with Gasteiger partial charge in [-0.1, -0.05) is 71.9 Å². The van der Waals surface area contributed by atoms with Gasteiger partial charge in [0.2, 0.25) is 11.1 Å². The highest BCUT2D eigenvalue weighted by atomic mass is 35.5. The third-order valence-electron chi connectivity index (χ3n) is 6.10. The number of nitrogens with zero attached hydrogens (tertiary/aromatic N) is 3. The Morgan fingerprint density at radius 1 is 1.08 bits per heavy atom.